The molecule has 0 radical (unpaired) electrons. The van der Waals surface area contributed by atoms with Crippen LogP contribution >= 0.6 is 0 Å². The molecule has 0 aliphatic carbocycles. The monoisotopic (exact) mass is 348 g/mol. The van der Waals surface area contributed by atoms with Gasteiger partial charge in [-0.25, -0.2) is 4.79 Å². The molecule has 0 saturated carbocycles. The lowest BCUT2D eigenvalue weighted by atomic mass is 10.1. The summed E-state index contributed by atoms with van der Waals surface area (Å²) < 4.78 is 6.80. The molecule has 132 valence electrons. The Morgan fingerprint density at radius 2 is 1.54 bits per heavy atom. The molecule has 0 spiro atoms. The average molecular weight is 348 g/mol. The number of aryl methyl sites for hydroxylation is 2. The van der Waals surface area contributed by atoms with Crippen molar-refractivity contribution in [3.63, 3.8) is 0 Å². The average Bonchev–Trinajstić information content (AvgIpc) is 2.99. The Balaban J connectivity index is 1.85. The minimum absolute atomic E-state index is 0.240. The Labute approximate surface area is 152 Å². The van der Waals surface area contributed by atoms with E-state index in [0.29, 0.717) is 16.8 Å². The van der Waals surface area contributed by atoms with Crippen molar-refractivity contribution in [2.24, 2.45) is 0 Å². The Morgan fingerprint density at radius 3 is 2.23 bits per heavy atom. The van der Waals surface area contributed by atoms with Gasteiger partial charge in [-0.05, 0) is 62.4 Å². The molecule has 5 nitrogen and oxygen atoms in total. The second-order valence-electron chi connectivity index (χ2n) is 6.03. The molecule has 2 aromatic carbocycles. The van der Waals surface area contributed by atoms with Crippen LogP contribution in [0.4, 0.5) is 5.69 Å². The second-order valence-corrected chi connectivity index (χ2v) is 6.03. The van der Waals surface area contributed by atoms with Gasteiger partial charge in [-0.1, -0.05) is 12.1 Å². The van der Waals surface area contributed by atoms with Crippen molar-refractivity contribution in [3.05, 3.63) is 83.2 Å². The van der Waals surface area contributed by atoms with E-state index in [1.807, 2.05) is 44.2 Å². The van der Waals surface area contributed by atoms with E-state index < -0.39 is 5.97 Å². The highest BCUT2D eigenvalue weighted by Crippen LogP contribution is 2.19. The fourth-order valence-corrected chi connectivity index (χ4v) is 2.91. The van der Waals surface area contributed by atoms with E-state index >= 15 is 0 Å². The highest BCUT2D eigenvalue weighted by atomic mass is 16.5. The molecule has 1 heterocycles. The van der Waals surface area contributed by atoms with Crippen LogP contribution < -0.4 is 5.32 Å². The first-order valence-electron chi connectivity index (χ1n) is 8.24. The summed E-state index contributed by atoms with van der Waals surface area (Å²) in [4.78, 5) is 24.2. The second kappa shape index (κ2) is 7.27. The van der Waals surface area contributed by atoms with Gasteiger partial charge in [0.2, 0.25) is 0 Å². The first kappa shape index (κ1) is 17.5. The quantitative estimate of drug-likeness (QED) is 0.721. The Kier molecular flexibility index (Phi) is 4.89. The number of rotatable bonds is 4. The standard InChI is InChI=1S/C21H20N2O3/c1-14-10-11-15(2)23(14)19-9-5-6-16(13-19)20(24)22-18-8-4-7-17(12-18)21(25)26-3/h4-13H,1-3H3,(H,22,24). The number of hydrogen-bond donors (Lipinski definition) is 1. The molecule has 0 aliphatic heterocycles. The summed E-state index contributed by atoms with van der Waals surface area (Å²) in [5.41, 5.74) is 4.60. The zero-order valence-electron chi connectivity index (χ0n) is 14.9. The van der Waals surface area contributed by atoms with Gasteiger partial charge in [-0.2, -0.15) is 0 Å². The third-order valence-corrected chi connectivity index (χ3v) is 4.18. The first-order valence-corrected chi connectivity index (χ1v) is 8.24. The SMILES string of the molecule is COC(=O)c1cccc(NC(=O)c2cccc(-n3c(C)ccc3C)c2)c1. The third kappa shape index (κ3) is 3.52. The van der Waals surface area contributed by atoms with E-state index in [1.54, 1.807) is 30.3 Å². The van der Waals surface area contributed by atoms with Crippen LogP contribution in [-0.4, -0.2) is 23.6 Å². The molecule has 0 fully saturated rings. The van der Waals surface area contributed by atoms with Gasteiger partial charge in [0, 0.05) is 28.3 Å². The van der Waals surface area contributed by atoms with Gasteiger partial charge in [0.15, 0.2) is 0 Å². The minimum atomic E-state index is -0.443. The Hall–Kier alpha value is -3.34. The van der Waals surface area contributed by atoms with Gasteiger partial charge < -0.3 is 14.6 Å². The van der Waals surface area contributed by atoms with Crippen LogP contribution in [0.1, 0.15) is 32.1 Å². The van der Waals surface area contributed by atoms with Crippen molar-refractivity contribution in [2.75, 3.05) is 12.4 Å². The molecular weight excluding hydrogens is 328 g/mol. The van der Waals surface area contributed by atoms with Crippen molar-refractivity contribution < 1.29 is 14.3 Å². The van der Waals surface area contributed by atoms with Gasteiger partial charge in [-0.15, -0.1) is 0 Å². The molecule has 1 aromatic heterocycles. The summed E-state index contributed by atoms with van der Waals surface area (Å²) in [5, 5.41) is 2.82. The van der Waals surface area contributed by atoms with Gasteiger partial charge in [0.25, 0.3) is 5.91 Å². The lowest BCUT2D eigenvalue weighted by Gasteiger charge is -2.12. The highest BCUT2D eigenvalue weighted by molar-refractivity contribution is 6.05. The smallest absolute Gasteiger partial charge is 0.337 e. The van der Waals surface area contributed by atoms with E-state index in [1.165, 1.54) is 7.11 Å². The summed E-state index contributed by atoms with van der Waals surface area (Å²) in [7, 11) is 1.32. The van der Waals surface area contributed by atoms with Crippen molar-refractivity contribution in [1.29, 1.82) is 0 Å². The summed E-state index contributed by atoms with van der Waals surface area (Å²) in [6.07, 6.45) is 0. The van der Waals surface area contributed by atoms with Crippen molar-refractivity contribution in [3.8, 4) is 5.69 Å². The molecule has 0 atom stereocenters. The first-order chi connectivity index (χ1) is 12.5. The van der Waals surface area contributed by atoms with Crippen molar-refractivity contribution in [1.82, 2.24) is 4.57 Å². The molecule has 0 bridgehead atoms. The Bertz CT molecular complexity index is 953. The lowest BCUT2D eigenvalue weighted by molar-refractivity contribution is 0.0600. The summed E-state index contributed by atoms with van der Waals surface area (Å²) >= 11 is 0. The van der Waals surface area contributed by atoms with Crippen LogP contribution in [0.3, 0.4) is 0 Å². The maximum Gasteiger partial charge on any atom is 0.337 e. The van der Waals surface area contributed by atoms with E-state index in [-0.39, 0.29) is 5.91 Å². The molecule has 0 saturated heterocycles. The number of carbonyl (C=O) groups excluding carboxylic acids is 2. The molecule has 0 aliphatic rings. The van der Waals surface area contributed by atoms with Crippen LogP contribution in [0, 0.1) is 13.8 Å². The van der Waals surface area contributed by atoms with Crippen LogP contribution in [0.2, 0.25) is 0 Å². The number of esters is 1. The van der Waals surface area contributed by atoms with E-state index in [2.05, 4.69) is 9.88 Å². The van der Waals surface area contributed by atoms with Crippen LogP contribution in [0.5, 0.6) is 0 Å². The highest BCUT2D eigenvalue weighted by Gasteiger charge is 2.11. The van der Waals surface area contributed by atoms with Gasteiger partial charge in [-0.3, -0.25) is 4.79 Å². The van der Waals surface area contributed by atoms with Crippen molar-refractivity contribution in [2.45, 2.75) is 13.8 Å². The van der Waals surface area contributed by atoms with Gasteiger partial charge >= 0.3 is 5.97 Å². The maximum atomic E-state index is 12.6. The molecule has 3 aromatic rings. The molecule has 3 rings (SSSR count). The predicted molar refractivity (Wildman–Crippen MR) is 101 cm³/mol. The fraction of sp³-hybridized carbons (Fsp3) is 0.143. The normalized spacial score (nSPS) is 10.4. The number of ether oxygens (including phenoxy) is 1. The number of nitrogens with one attached hydrogen (secondary N) is 1. The minimum Gasteiger partial charge on any atom is -0.465 e. The van der Waals surface area contributed by atoms with Crippen LogP contribution in [-0.2, 0) is 4.74 Å². The van der Waals surface area contributed by atoms with Crippen molar-refractivity contribution >= 4 is 17.6 Å². The summed E-state index contributed by atoms with van der Waals surface area (Å²) in [5.74, 6) is -0.682. The number of aromatic nitrogens is 1. The number of methoxy groups -OCH3 is 1. The number of hydrogen-bond acceptors (Lipinski definition) is 3. The van der Waals surface area contributed by atoms with Crippen LogP contribution in [0.25, 0.3) is 5.69 Å². The number of benzene rings is 2. The van der Waals surface area contributed by atoms with E-state index in [0.717, 1.165) is 17.1 Å². The number of carbonyl (C=O) groups is 2. The number of anilines is 1. The zero-order chi connectivity index (χ0) is 18.7. The predicted octanol–water partition coefficient (Wildman–Crippen LogP) is 4.13. The van der Waals surface area contributed by atoms with E-state index in [9.17, 15) is 9.59 Å². The molecular formula is C21H20N2O3. The lowest BCUT2D eigenvalue weighted by Crippen LogP contribution is -2.13. The molecule has 26 heavy (non-hydrogen) atoms. The van der Waals surface area contributed by atoms with Gasteiger partial charge in [0.05, 0.1) is 12.7 Å². The fourth-order valence-electron chi connectivity index (χ4n) is 2.91. The third-order valence-electron chi connectivity index (χ3n) is 4.18. The number of nitrogens with zero attached hydrogens (tertiary/aromatic N) is 1. The molecule has 1 N–H and O–H groups in total. The summed E-state index contributed by atoms with van der Waals surface area (Å²) in [6, 6.07) is 18.2. The molecule has 0 unspecified atom stereocenters. The topological polar surface area (TPSA) is 60.3 Å². The van der Waals surface area contributed by atoms with Gasteiger partial charge in [0.1, 0.15) is 0 Å². The largest absolute Gasteiger partial charge is 0.465 e. The van der Waals surface area contributed by atoms with Crippen LogP contribution in [0.15, 0.2) is 60.7 Å². The van der Waals surface area contributed by atoms with E-state index in [4.69, 9.17) is 4.74 Å². The maximum absolute atomic E-state index is 12.6. The summed E-state index contributed by atoms with van der Waals surface area (Å²) in [6.45, 7) is 4.05. The number of amides is 1. The zero-order valence-corrected chi connectivity index (χ0v) is 14.9. The molecule has 1 amide bonds. The Morgan fingerprint density at radius 1 is 0.885 bits per heavy atom. The molecule has 5 heteroatoms.